The molecule has 0 aliphatic heterocycles. The largest absolute Gasteiger partial charge is 0.490 e. The minimum atomic E-state index is -0.725. The van der Waals surface area contributed by atoms with E-state index in [0.717, 1.165) is 0 Å². The molecule has 0 saturated carbocycles. The van der Waals surface area contributed by atoms with E-state index in [-0.39, 0.29) is 0 Å². The summed E-state index contributed by atoms with van der Waals surface area (Å²) in [6.07, 6.45) is -0.725. The molecule has 0 unspecified atom stereocenters. The van der Waals surface area contributed by atoms with E-state index in [1.165, 1.54) is 0 Å². The molecule has 0 spiro atoms. The van der Waals surface area contributed by atoms with Crippen LogP contribution in [0.5, 0.6) is 11.5 Å². The average molecular weight is 196 g/mol. The second-order valence-corrected chi connectivity index (χ2v) is 2.41. The van der Waals surface area contributed by atoms with E-state index in [1.807, 2.05) is 12.3 Å². The molecular formula is C9H12N2O3. The van der Waals surface area contributed by atoms with Crippen LogP contribution in [0.2, 0.25) is 0 Å². The third-order valence-corrected chi connectivity index (χ3v) is 1.47. The van der Waals surface area contributed by atoms with Crippen LogP contribution < -0.4 is 20.7 Å². The first-order chi connectivity index (χ1) is 6.77. The number of hydrazine groups is 1. The number of benzene rings is 1. The van der Waals surface area contributed by atoms with Gasteiger partial charge in [0.15, 0.2) is 11.5 Å². The van der Waals surface area contributed by atoms with Crippen molar-refractivity contribution in [3.8, 4) is 11.5 Å². The summed E-state index contributed by atoms with van der Waals surface area (Å²) >= 11 is 0. The molecule has 0 aromatic heterocycles. The molecule has 14 heavy (non-hydrogen) atoms. The molecule has 3 N–H and O–H groups in total. The van der Waals surface area contributed by atoms with E-state index in [1.54, 1.807) is 24.3 Å². The topological polar surface area (TPSA) is 73.6 Å². The summed E-state index contributed by atoms with van der Waals surface area (Å²) < 4.78 is 10.1. The lowest BCUT2D eigenvalue weighted by atomic mass is 10.3. The van der Waals surface area contributed by atoms with Gasteiger partial charge >= 0.3 is 6.09 Å². The predicted molar refractivity (Wildman–Crippen MR) is 51.0 cm³/mol. The summed E-state index contributed by atoms with van der Waals surface area (Å²) in [7, 11) is 0. The van der Waals surface area contributed by atoms with E-state index in [0.29, 0.717) is 18.1 Å². The van der Waals surface area contributed by atoms with Crippen LogP contribution >= 0.6 is 0 Å². The summed E-state index contributed by atoms with van der Waals surface area (Å²) in [4.78, 5) is 10.8. The Labute approximate surface area is 81.8 Å². The molecular weight excluding hydrogens is 184 g/mol. The summed E-state index contributed by atoms with van der Waals surface area (Å²) in [5.41, 5.74) is 1.87. The fraction of sp³-hybridized carbons (Fsp3) is 0.222. The maximum absolute atomic E-state index is 10.8. The van der Waals surface area contributed by atoms with E-state index in [2.05, 4.69) is 0 Å². The van der Waals surface area contributed by atoms with E-state index in [4.69, 9.17) is 15.3 Å². The van der Waals surface area contributed by atoms with Crippen LogP contribution in [-0.4, -0.2) is 12.7 Å². The molecule has 0 aliphatic rings. The number of nitrogens with two attached hydrogens (primary N) is 1. The molecule has 0 radical (unpaired) electrons. The van der Waals surface area contributed by atoms with Crippen molar-refractivity contribution in [3.05, 3.63) is 24.3 Å². The zero-order chi connectivity index (χ0) is 10.4. The third kappa shape index (κ3) is 2.63. The first-order valence-corrected chi connectivity index (χ1v) is 4.18. The molecule has 1 aromatic carbocycles. The highest BCUT2D eigenvalue weighted by molar-refractivity contribution is 5.70. The fourth-order valence-electron chi connectivity index (χ4n) is 0.939. The van der Waals surface area contributed by atoms with Crippen molar-refractivity contribution in [1.29, 1.82) is 0 Å². The highest BCUT2D eigenvalue weighted by Crippen LogP contribution is 2.26. The number of carbonyl (C=O) groups excluding carboxylic acids is 1. The SMILES string of the molecule is CCOc1ccccc1OC(=O)NN. The van der Waals surface area contributed by atoms with Crippen molar-refractivity contribution < 1.29 is 14.3 Å². The van der Waals surface area contributed by atoms with Gasteiger partial charge in [0.05, 0.1) is 6.61 Å². The maximum atomic E-state index is 10.8. The standard InChI is InChI=1S/C9H12N2O3/c1-2-13-7-5-3-4-6-8(7)14-9(12)11-10/h3-6H,2,10H2,1H3,(H,11,12). The monoisotopic (exact) mass is 196 g/mol. The molecule has 0 atom stereocenters. The number of rotatable bonds is 3. The Kier molecular flexibility index (Phi) is 3.75. The quantitative estimate of drug-likeness (QED) is 0.430. The Morgan fingerprint density at radius 2 is 2.07 bits per heavy atom. The number of hydrogen-bond donors (Lipinski definition) is 2. The maximum Gasteiger partial charge on any atom is 0.427 e. The van der Waals surface area contributed by atoms with E-state index >= 15 is 0 Å². The van der Waals surface area contributed by atoms with Gasteiger partial charge in [0.1, 0.15) is 0 Å². The third-order valence-electron chi connectivity index (χ3n) is 1.47. The van der Waals surface area contributed by atoms with Gasteiger partial charge in [-0.1, -0.05) is 12.1 Å². The molecule has 0 saturated heterocycles. The molecule has 0 bridgehead atoms. The van der Waals surface area contributed by atoms with Crippen LogP contribution in [-0.2, 0) is 0 Å². The number of nitrogens with one attached hydrogen (secondary N) is 1. The van der Waals surface area contributed by atoms with Crippen molar-refractivity contribution in [2.45, 2.75) is 6.92 Å². The van der Waals surface area contributed by atoms with Gasteiger partial charge in [0, 0.05) is 0 Å². The summed E-state index contributed by atoms with van der Waals surface area (Å²) in [5.74, 6) is 5.74. The Balaban J connectivity index is 2.78. The number of para-hydroxylation sites is 2. The van der Waals surface area contributed by atoms with Crippen LogP contribution in [0.3, 0.4) is 0 Å². The highest BCUT2D eigenvalue weighted by atomic mass is 16.6. The van der Waals surface area contributed by atoms with Gasteiger partial charge in [-0.15, -0.1) is 0 Å². The number of hydrogen-bond acceptors (Lipinski definition) is 4. The van der Waals surface area contributed by atoms with Gasteiger partial charge in [0.25, 0.3) is 0 Å². The van der Waals surface area contributed by atoms with Gasteiger partial charge < -0.3 is 9.47 Å². The minimum absolute atomic E-state index is 0.345. The number of amides is 1. The van der Waals surface area contributed by atoms with Gasteiger partial charge in [-0.05, 0) is 19.1 Å². The second-order valence-electron chi connectivity index (χ2n) is 2.41. The molecule has 1 amide bonds. The van der Waals surface area contributed by atoms with Crippen LogP contribution in [0, 0.1) is 0 Å². The number of carbonyl (C=O) groups is 1. The van der Waals surface area contributed by atoms with Crippen LogP contribution in [0.25, 0.3) is 0 Å². The van der Waals surface area contributed by atoms with Gasteiger partial charge in [-0.3, -0.25) is 5.43 Å². The first kappa shape index (κ1) is 10.3. The normalized spacial score (nSPS) is 9.29. The molecule has 1 aromatic rings. The van der Waals surface area contributed by atoms with Crippen molar-refractivity contribution >= 4 is 6.09 Å². The van der Waals surface area contributed by atoms with Crippen molar-refractivity contribution in [3.63, 3.8) is 0 Å². The zero-order valence-corrected chi connectivity index (χ0v) is 7.82. The van der Waals surface area contributed by atoms with Crippen molar-refractivity contribution in [2.75, 3.05) is 6.61 Å². The lowest BCUT2D eigenvalue weighted by Crippen LogP contribution is -2.32. The first-order valence-electron chi connectivity index (χ1n) is 4.18. The van der Waals surface area contributed by atoms with Crippen molar-refractivity contribution in [1.82, 2.24) is 5.43 Å². The predicted octanol–water partition coefficient (Wildman–Crippen LogP) is 1.05. The smallest absolute Gasteiger partial charge is 0.427 e. The Hall–Kier alpha value is -1.75. The highest BCUT2D eigenvalue weighted by Gasteiger charge is 2.07. The van der Waals surface area contributed by atoms with Gasteiger partial charge in [0.2, 0.25) is 0 Å². The Bertz CT molecular complexity index is 315. The van der Waals surface area contributed by atoms with E-state index in [9.17, 15) is 4.79 Å². The second kappa shape index (κ2) is 5.08. The Morgan fingerprint density at radius 3 is 2.64 bits per heavy atom. The molecule has 76 valence electrons. The zero-order valence-electron chi connectivity index (χ0n) is 7.82. The lowest BCUT2D eigenvalue weighted by Gasteiger charge is -2.09. The lowest BCUT2D eigenvalue weighted by molar-refractivity contribution is 0.197. The van der Waals surface area contributed by atoms with E-state index < -0.39 is 6.09 Å². The van der Waals surface area contributed by atoms with Crippen LogP contribution in [0.15, 0.2) is 24.3 Å². The molecule has 1 rings (SSSR count). The molecule has 5 nitrogen and oxygen atoms in total. The molecule has 5 heteroatoms. The van der Waals surface area contributed by atoms with Gasteiger partial charge in [-0.2, -0.15) is 0 Å². The minimum Gasteiger partial charge on any atom is -0.490 e. The Morgan fingerprint density at radius 1 is 1.43 bits per heavy atom. The fourth-order valence-corrected chi connectivity index (χ4v) is 0.939. The summed E-state index contributed by atoms with van der Waals surface area (Å²) in [6, 6.07) is 6.86. The summed E-state index contributed by atoms with van der Waals surface area (Å²) in [5, 5.41) is 0. The van der Waals surface area contributed by atoms with Gasteiger partial charge in [-0.25, -0.2) is 10.6 Å². The molecule has 0 aliphatic carbocycles. The molecule has 0 fully saturated rings. The average Bonchev–Trinajstić information content (AvgIpc) is 2.21. The van der Waals surface area contributed by atoms with Crippen molar-refractivity contribution in [2.24, 2.45) is 5.84 Å². The van der Waals surface area contributed by atoms with Crippen LogP contribution in [0.1, 0.15) is 6.92 Å². The summed E-state index contributed by atoms with van der Waals surface area (Å²) in [6.45, 7) is 2.35. The van der Waals surface area contributed by atoms with Crippen LogP contribution in [0.4, 0.5) is 4.79 Å². The molecule has 0 heterocycles. The number of ether oxygens (including phenoxy) is 2.